The van der Waals surface area contributed by atoms with Gasteiger partial charge in [0.1, 0.15) is 17.3 Å². The van der Waals surface area contributed by atoms with Gasteiger partial charge in [-0.05, 0) is 36.5 Å². The van der Waals surface area contributed by atoms with Gasteiger partial charge >= 0.3 is 6.18 Å². The molecule has 0 amide bonds. The van der Waals surface area contributed by atoms with Crippen LogP contribution in [0.3, 0.4) is 0 Å². The Morgan fingerprint density at radius 3 is 2.42 bits per heavy atom. The molecule has 100 valence electrons. The number of halogens is 5. The smallest absolute Gasteiger partial charge is 0.327 e. The second-order valence-electron chi connectivity index (χ2n) is 3.61. The molecule has 1 aromatic heterocycles. The van der Waals surface area contributed by atoms with Crippen molar-refractivity contribution in [1.82, 2.24) is 9.97 Å². The molecule has 2 nitrogen and oxygen atoms in total. The first kappa shape index (κ1) is 13.6. The van der Waals surface area contributed by atoms with Crippen molar-refractivity contribution >= 4 is 12.2 Å². The van der Waals surface area contributed by atoms with E-state index < -0.39 is 28.3 Å². The molecule has 0 radical (unpaired) electrons. The molecule has 0 aliphatic rings. The summed E-state index contributed by atoms with van der Waals surface area (Å²) in [6, 6.07) is 2.99. The topological polar surface area (TPSA) is 28.7 Å². The second-order valence-corrected chi connectivity index (χ2v) is 3.99. The van der Waals surface area contributed by atoms with Crippen molar-refractivity contribution in [3.8, 4) is 11.3 Å². The molecule has 0 fully saturated rings. The Morgan fingerprint density at radius 1 is 1.11 bits per heavy atom. The lowest BCUT2D eigenvalue weighted by Gasteiger charge is -2.09. The number of hydrogen-bond acceptors (Lipinski definition) is 2. The zero-order chi connectivity index (χ0) is 14.2. The van der Waals surface area contributed by atoms with Crippen LogP contribution < -0.4 is 0 Å². The van der Waals surface area contributed by atoms with Gasteiger partial charge in [0, 0.05) is 5.56 Å². The standard InChI is InChI=1S/C11H5F5N2S/c12-5-1-2-7(13)6(3-5)8-4-9(11(14,15)16)18-10(19)17-8/h1-4H,(H,17,18,19). The molecule has 2 aromatic rings. The van der Waals surface area contributed by atoms with Crippen molar-refractivity contribution in [3.63, 3.8) is 0 Å². The van der Waals surface area contributed by atoms with Crippen LogP contribution in [0.4, 0.5) is 22.0 Å². The minimum Gasteiger partial charge on any atom is -0.327 e. The lowest BCUT2D eigenvalue weighted by atomic mass is 10.1. The van der Waals surface area contributed by atoms with Gasteiger partial charge in [0.15, 0.2) is 4.77 Å². The van der Waals surface area contributed by atoms with Crippen LogP contribution in [0.15, 0.2) is 24.3 Å². The Kier molecular flexibility index (Phi) is 3.36. The summed E-state index contributed by atoms with van der Waals surface area (Å²) in [7, 11) is 0. The van der Waals surface area contributed by atoms with Crippen molar-refractivity contribution in [2.45, 2.75) is 6.18 Å². The molecule has 1 N–H and O–H groups in total. The first-order valence-electron chi connectivity index (χ1n) is 4.91. The van der Waals surface area contributed by atoms with Gasteiger partial charge in [-0.15, -0.1) is 0 Å². The lowest BCUT2D eigenvalue weighted by molar-refractivity contribution is -0.141. The molecule has 19 heavy (non-hydrogen) atoms. The summed E-state index contributed by atoms with van der Waals surface area (Å²) in [6.45, 7) is 0. The predicted molar refractivity (Wildman–Crippen MR) is 59.8 cm³/mol. The zero-order valence-corrected chi connectivity index (χ0v) is 9.87. The van der Waals surface area contributed by atoms with E-state index in [0.29, 0.717) is 6.07 Å². The molecule has 1 heterocycles. The van der Waals surface area contributed by atoms with Crippen molar-refractivity contribution in [1.29, 1.82) is 0 Å². The fraction of sp³-hybridized carbons (Fsp3) is 0.0909. The normalized spacial score (nSPS) is 11.6. The zero-order valence-electron chi connectivity index (χ0n) is 9.05. The maximum atomic E-state index is 13.5. The molecule has 0 saturated heterocycles. The van der Waals surface area contributed by atoms with Crippen molar-refractivity contribution < 1.29 is 22.0 Å². The van der Waals surface area contributed by atoms with Crippen LogP contribution in [0, 0.1) is 16.4 Å². The number of nitrogens with zero attached hydrogens (tertiary/aromatic N) is 1. The van der Waals surface area contributed by atoms with Gasteiger partial charge in [0.25, 0.3) is 0 Å². The number of aromatic amines is 1. The van der Waals surface area contributed by atoms with E-state index in [1.54, 1.807) is 0 Å². The van der Waals surface area contributed by atoms with Crippen molar-refractivity contribution in [2.24, 2.45) is 0 Å². The number of alkyl halides is 3. The number of benzene rings is 1. The third-order valence-corrected chi connectivity index (χ3v) is 2.45. The van der Waals surface area contributed by atoms with Gasteiger partial charge in [-0.2, -0.15) is 13.2 Å². The summed E-state index contributed by atoms with van der Waals surface area (Å²) >= 11 is 4.55. The Labute approximate surface area is 108 Å². The third kappa shape index (κ3) is 2.95. The maximum absolute atomic E-state index is 13.5. The van der Waals surface area contributed by atoms with E-state index in [9.17, 15) is 22.0 Å². The van der Waals surface area contributed by atoms with Crippen LogP contribution in [0.5, 0.6) is 0 Å². The van der Waals surface area contributed by atoms with Gasteiger partial charge in [-0.1, -0.05) is 0 Å². The number of hydrogen-bond donors (Lipinski definition) is 1. The highest BCUT2D eigenvalue weighted by Gasteiger charge is 2.32. The molecule has 0 unspecified atom stereocenters. The Bertz CT molecular complexity index is 678. The maximum Gasteiger partial charge on any atom is 0.431 e. The van der Waals surface area contributed by atoms with Crippen LogP contribution in [0.25, 0.3) is 11.3 Å². The van der Waals surface area contributed by atoms with Crippen LogP contribution in [-0.4, -0.2) is 9.97 Å². The van der Waals surface area contributed by atoms with Crippen molar-refractivity contribution in [3.05, 3.63) is 46.4 Å². The van der Waals surface area contributed by atoms with E-state index >= 15 is 0 Å². The number of nitrogens with one attached hydrogen (secondary N) is 1. The van der Waals surface area contributed by atoms with Gasteiger partial charge in [0.05, 0.1) is 5.69 Å². The molecule has 8 heteroatoms. The fourth-order valence-electron chi connectivity index (χ4n) is 1.44. The van der Waals surface area contributed by atoms with Crippen LogP contribution in [-0.2, 0) is 6.18 Å². The van der Waals surface area contributed by atoms with Crippen LogP contribution in [0.2, 0.25) is 0 Å². The lowest BCUT2D eigenvalue weighted by Crippen LogP contribution is -2.09. The highest BCUT2D eigenvalue weighted by atomic mass is 32.1. The summed E-state index contributed by atoms with van der Waals surface area (Å²) < 4.78 is 63.7. The molecular weight excluding hydrogens is 287 g/mol. The number of aromatic nitrogens is 2. The largest absolute Gasteiger partial charge is 0.431 e. The van der Waals surface area contributed by atoms with Crippen LogP contribution >= 0.6 is 12.2 Å². The van der Waals surface area contributed by atoms with Gasteiger partial charge in [-0.3, -0.25) is 0 Å². The van der Waals surface area contributed by atoms with Gasteiger partial charge in [-0.25, -0.2) is 13.8 Å². The molecule has 0 aliphatic carbocycles. The van der Waals surface area contributed by atoms with E-state index in [2.05, 4.69) is 17.2 Å². The van der Waals surface area contributed by atoms with E-state index in [1.165, 1.54) is 0 Å². The first-order valence-corrected chi connectivity index (χ1v) is 5.32. The monoisotopic (exact) mass is 292 g/mol. The predicted octanol–water partition coefficient (Wildman–Crippen LogP) is 4.10. The quantitative estimate of drug-likeness (QED) is 0.633. The summed E-state index contributed by atoms with van der Waals surface area (Å²) in [5.74, 6) is -1.67. The molecule has 2 rings (SSSR count). The molecular formula is C11H5F5N2S. The fourth-order valence-corrected chi connectivity index (χ4v) is 1.65. The first-order chi connectivity index (χ1) is 8.77. The highest BCUT2D eigenvalue weighted by Crippen LogP contribution is 2.30. The molecule has 0 spiro atoms. The SMILES string of the molecule is Fc1ccc(F)c(-c2cc(C(F)(F)F)[nH]c(=S)n2)c1. The molecule has 0 aliphatic heterocycles. The highest BCUT2D eigenvalue weighted by molar-refractivity contribution is 7.71. The summed E-state index contributed by atoms with van der Waals surface area (Å²) in [5.41, 5.74) is -1.94. The average Bonchev–Trinajstić information content (AvgIpc) is 2.30. The molecule has 0 atom stereocenters. The van der Waals surface area contributed by atoms with E-state index in [1.807, 2.05) is 4.98 Å². The van der Waals surface area contributed by atoms with E-state index in [-0.39, 0.29) is 11.3 Å². The van der Waals surface area contributed by atoms with Crippen LogP contribution in [0.1, 0.15) is 5.69 Å². The molecule has 0 bridgehead atoms. The summed E-state index contributed by atoms with van der Waals surface area (Å²) in [6.07, 6.45) is -4.69. The van der Waals surface area contributed by atoms with Crippen molar-refractivity contribution in [2.75, 3.05) is 0 Å². The minimum atomic E-state index is -4.69. The summed E-state index contributed by atoms with van der Waals surface area (Å²) in [4.78, 5) is 5.43. The Morgan fingerprint density at radius 2 is 1.79 bits per heavy atom. The third-order valence-electron chi connectivity index (χ3n) is 2.25. The second kappa shape index (κ2) is 4.69. The van der Waals surface area contributed by atoms with E-state index in [4.69, 9.17) is 0 Å². The minimum absolute atomic E-state index is 0.381. The van der Waals surface area contributed by atoms with E-state index in [0.717, 1.165) is 18.2 Å². The number of H-pyrrole nitrogens is 1. The summed E-state index contributed by atoms with van der Waals surface area (Å²) in [5, 5.41) is 0. The molecule has 0 saturated carbocycles. The molecule has 1 aromatic carbocycles. The van der Waals surface area contributed by atoms with Gasteiger partial charge < -0.3 is 4.98 Å². The Balaban J connectivity index is 2.66. The number of rotatable bonds is 1. The van der Waals surface area contributed by atoms with Gasteiger partial charge in [0.2, 0.25) is 0 Å². The average molecular weight is 292 g/mol. The Hall–Kier alpha value is -1.83.